The summed E-state index contributed by atoms with van der Waals surface area (Å²) < 4.78 is 0. The molecule has 0 amide bonds. The lowest BCUT2D eigenvalue weighted by molar-refractivity contribution is 0.0980. The molecule has 3 heteroatoms. The Morgan fingerprint density at radius 2 is 1.63 bits per heavy atom. The summed E-state index contributed by atoms with van der Waals surface area (Å²) in [5.74, 6) is 0.110. The van der Waals surface area contributed by atoms with E-state index < -0.39 is 0 Å². The molecule has 0 fully saturated rings. The van der Waals surface area contributed by atoms with Crippen LogP contribution in [0.3, 0.4) is 0 Å². The monoisotopic (exact) mass is 262 g/mol. The predicted octanol–water partition coefficient (Wildman–Crippen LogP) is 4.17. The van der Waals surface area contributed by atoms with E-state index >= 15 is 0 Å². The van der Waals surface area contributed by atoms with Crippen LogP contribution in [-0.2, 0) is 0 Å². The van der Waals surface area contributed by atoms with Crippen LogP contribution >= 0.6 is 0 Å². The largest absolute Gasteiger partial charge is 0.397 e. The van der Waals surface area contributed by atoms with Crippen LogP contribution in [0.25, 0.3) is 0 Å². The molecule has 0 spiro atoms. The fourth-order valence-corrected chi connectivity index (χ4v) is 2.20. The molecule has 106 valence electrons. The molecular weight excluding hydrogens is 236 g/mol. The average Bonchev–Trinajstić information content (AvgIpc) is 2.40. The molecule has 1 aromatic rings. The van der Waals surface area contributed by atoms with Gasteiger partial charge in [-0.25, -0.2) is 0 Å². The van der Waals surface area contributed by atoms with Crippen molar-refractivity contribution in [3.8, 4) is 0 Å². The number of para-hydroxylation sites is 1. The number of hydrogen-bond acceptors (Lipinski definition) is 3. The van der Waals surface area contributed by atoms with E-state index in [2.05, 4.69) is 6.92 Å². The molecule has 0 radical (unpaired) electrons. The molecule has 3 nitrogen and oxygen atoms in total. The summed E-state index contributed by atoms with van der Waals surface area (Å²) in [6.45, 7) is 2.22. The van der Waals surface area contributed by atoms with Crippen molar-refractivity contribution in [1.82, 2.24) is 0 Å². The van der Waals surface area contributed by atoms with Gasteiger partial charge in [-0.3, -0.25) is 4.79 Å². The van der Waals surface area contributed by atoms with Crippen LogP contribution in [0.5, 0.6) is 0 Å². The lowest BCUT2D eigenvalue weighted by Gasteiger charge is -2.07. The first-order valence-corrected chi connectivity index (χ1v) is 7.34. The Morgan fingerprint density at radius 3 is 2.32 bits per heavy atom. The smallest absolute Gasteiger partial charge is 0.165 e. The van der Waals surface area contributed by atoms with Gasteiger partial charge in [0.25, 0.3) is 0 Å². The second-order valence-electron chi connectivity index (χ2n) is 5.10. The Bertz CT molecular complexity index is 402. The molecule has 19 heavy (non-hydrogen) atoms. The van der Waals surface area contributed by atoms with Crippen LogP contribution in [0.4, 0.5) is 11.4 Å². The highest BCUT2D eigenvalue weighted by Crippen LogP contribution is 2.21. The molecule has 0 unspecified atom stereocenters. The normalized spacial score (nSPS) is 10.6. The van der Waals surface area contributed by atoms with E-state index in [1.54, 1.807) is 18.2 Å². The summed E-state index contributed by atoms with van der Waals surface area (Å²) in [5, 5.41) is 0. The average molecular weight is 262 g/mol. The molecule has 0 aromatic heterocycles. The van der Waals surface area contributed by atoms with Crippen molar-refractivity contribution in [3.05, 3.63) is 23.8 Å². The Labute approximate surface area is 116 Å². The predicted molar refractivity (Wildman–Crippen MR) is 82.2 cm³/mol. The number of nitrogen functional groups attached to an aromatic ring is 2. The topological polar surface area (TPSA) is 69.1 Å². The molecule has 0 saturated heterocycles. The summed E-state index contributed by atoms with van der Waals surface area (Å²) >= 11 is 0. The Hall–Kier alpha value is -1.51. The minimum Gasteiger partial charge on any atom is -0.397 e. The third kappa shape index (κ3) is 5.33. The number of rotatable bonds is 9. The van der Waals surface area contributed by atoms with Gasteiger partial charge in [0, 0.05) is 12.0 Å². The minimum atomic E-state index is 0.110. The van der Waals surface area contributed by atoms with E-state index in [4.69, 9.17) is 11.5 Å². The lowest BCUT2D eigenvalue weighted by atomic mass is 10.0. The summed E-state index contributed by atoms with van der Waals surface area (Å²) in [6.07, 6.45) is 9.04. The molecule has 0 bridgehead atoms. The van der Waals surface area contributed by atoms with Crippen molar-refractivity contribution in [2.24, 2.45) is 0 Å². The highest BCUT2D eigenvalue weighted by molar-refractivity contribution is 6.02. The number of carbonyl (C=O) groups is 1. The van der Waals surface area contributed by atoms with Crippen molar-refractivity contribution < 1.29 is 4.79 Å². The second-order valence-corrected chi connectivity index (χ2v) is 5.10. The van der Waals surface area contributed by atoms with Crippen LogP contribution in [0.2, 0.25) is 0 Å². The van der Waals surface area contributed by atoms with Gasteiger partial charge in [0.2, 0.25) is 0 Å². The van der Waals surface area contributed by atoms with E-state index in [-0.39, 0.29) is 5.78 Å². The van der Waals surface area contributed by atoms with Crippen molar-refractivity contribution >= 4 is 17.2 Å². The molecular formula is C16H26N2O. The number of nitrogens with two attached hydrogens (primary N) is 2. The van der Waals surface area contributed by atoms with Gasteiger partial charge < -0.3 is 11.5 Å². The van der Waals surface area contributed by atoms with E-state index in [1.165, 1.54) is 32.1 Å². The first kappa shape index (κ1) is 15.5. The van der Waals surface area contributed by atoms with Gasteiger partial charge in [0.05, 0.1) is 11.4 Å². The minimum absolute atomic E-state index is 0.110. The third-order valence-corrected chi connectivity index (χ3v) is 3.45. The fraction of sp³-hybridized carbons (Fsp3) is 0.562. The van der Waals surface area contributed by atoms with Crippen molar-refractivity contribution in [3.63, 3.8) is 0 Å². The van der Waals surface area contributed by atoms with Crippen LogP contribution in [0.1, 0.15) is 68.6 Å². The van der Waals surface area contributed by atoms with E-state index in [9.17, 15) is 4.79 Å². The van der Waals surface area contributed by atoms with E-state index in [0.29, 0.717) is 23.4 Å². The highest BCUT2D eigenvalue weighted by Gasteiger charge is 2.10. The number of hydrogen-bond donors (Lipinski definition) is 2. The SMILES string of the molecule is CCCCCCCCCC(=O)c1cccc(N)c1N. The van der Waals surface area contributed by atoms with Gasteiger partial charge in [0.15, 0.2) is 5.78 Å². The molecule has 0 saturated carbocycles. The number of ketones is 1. The van der Waals surface area contributed by atoms with Crippen LogP contribution in [0, 0.1) is 0 Å². The molecule has 1 aromatic carbocycles. The van der Waals surface area contributed by atoms with Crippen molar-refractivity contribution in [1.29, 1.82) is 0 Å². The maximum Gasteiger partial charge on any atom is 0.165 e. The summed E-state index contributed by atoms with van der Waals surface area (Å²) in [7, 11) is 0. The maximum absolute atomic E-state index is 12.0. The van der Waals surface area contributed by atoms with Gasteiger partial charge in [-0.2, -0.15) is 0 Å². The Balaban J connectivity index is 2.26. The first-order chi connectivity index (χ1) is 9.16. The van der Waals surface area contributed by atoms with Gasteiger partial charge in [0.1, 0.15) is 0 Å². The summed E-state index contributed by atoms with van der Waals surface area (Å²) in [6, 6.07) is 5.26. The third-order valence-electron chi connectivity index (χ3n) is 3.45. The number of anilines is 2. The van der Waals surface area contributed by atoms with Gasteiger partial charge in [-0.1, -0.05) is 51.5 Å². The number of unbranched alkanes of at least 4 members (excludes halogenated alkanes) is 6. The standard InChI is InChI=1S/C16H26N2O/c1-2-3-4-5-6-7-8-12-15(19)13-10-9-11-14(17)16(13)18/h9-11H,2-8,12,17-18H2,1H3. The first-order valence-electron chi connectivity index (χ1n) is 7.34. The zero-order chi connectivity index (χ0) is 14.1. The van der Waals surface area contributed by atoms with Crippen LogP contribution in [0.15, 0.2) is 18.2 Å². The van der Waals surface area contributed by atoms with E-state index in [1.807, 2.05) is 0 Å². The number of carbonyl (C=O) groups excluding carboxylic acids is 1. The maximum atomic E-state index is 12.0. The zero-order valence-corrected chi connectivity index (χ0v) is 12.0. The molecule has 0 aliphatic heterocycles. The van der Waals surface area contributed by atoms with Crippen molar-refractivity contribution in [2.45, 2.75) is 58.3 Å². The lowest BCUT2D eigenvalue weighted by Crippen LogP contribution is -2.06. The molecule has 0 heterocycles. The Kier molecular flexibility index (Phi) is 7.01. The van der Waals surface area contributed by atoms with E-state index in [0.717, 1.165) is 12.8 Å². The quantitative estimate of drug-likeness (QED) is 0.398. The fourth-order valence-electron chi connectivity index (χ4n) is 2.20. The van der Waals surface area contributed by atoms with Gasteiger partial charge in [-0.15, -0.1) is 0 Å². The van der Waals surface area contributed by atoms with Gasteiger partial charge in [-0.05, 0) is 18.6 Å². The molecule has 0 atom stereocenters. The summed E-state index contributed by atoms with van der Waals surface area (Å²) in [5.41, 5.74) is 13.0. The summed E-state index contributed by atoms with van der Waals surface area (Å²) in [4.78, 5) is 12.0. The molecule has 0 aliphatic carbocycles. The Morgan fingerprint density at radius 1 is 1.00 bits per heavy atom. The molecule has 4 N–H and O–H groups in total. The van der Waals surface area contributed by atoms with Crippen LogP contribution in [-0.4, -0.2) is 5.78 Å². The molecule has 1 rings (SSSR count). The van der Waals surface area contributed by atoms with Gasteiger partial charge >= 0.3 is 0 Å². The number of Topliss-reactive ketones (excluding diaryl/α,β-unsaturated/α-hetero) is 1. The molecule has 0 aliphatic rings. The number of benzene rings is 1. The second kappa shape index (κ2) is 8.57. The van der Waals surface area contributed by atoms with Crippen LogP contribution < -0.4 is 11.5 Å². The zero-order valence-electron chi connectivity index (χ0n) is 12.0. The highest BCUT2D eigenvalue weighted by atomic mass is 16.1. The van der Waals surface area contributed by atoms with Crippen molar-refractivity contribution in [2.75, 3.05) is 11.5 Å².